The second-order valence-electron chi connectivity index (χ2n) is 5.36. The predicted molar refractivity (Wildman–Crippen MR) is 80.5 cm³/mol. The molecule has 0 fully saturated rings. The largest absolute Gasteiger partial charge is 0.374 e. The number of unbranched alkanes of at least 4 members (excludes halogenated alkanes) is 2. The summed E-state index contributed by atoms with van der Waals surface area (Å²) in [5.41, 5.74) is 2.92. The maximum Gasteiger partial charge on any atom is 0.0827 e. The highest BCUT2D eigenvalue weighted by Gasteiger charge is 2.19. The van der Waals surface area contributed by atoms with Crippen LogP contribution in [0.25, 0.3) is 0 Å². The van der Waals surface area contributed by atoms with Crippen LogP contribution in [0.3, 0.4) is 0 Å². The number of aryl methyl sites for hydroxylation is 1. The molecule has 1 N–H and O–H groups in total. The minimum atomic E-state index is 0.346. The van der Waals surface area contributed by atoms with E-state index in [-0.39, 0.29) is 0 Å². The minimum absolute atomic E-state index is 0.346. The summed E-state index contributed by atoms with van der Waals surface area (Å²) in [6, 6.07) is 8.77. The molecule has 2 nitrogen and oxygen atoms in total. The van der Waals surface area contributed by atoms with Gasteiger partial charge in [0.25, 0.3) is 0 Å². The average Bonchev–Trinajstić information content (AvgIpc) is 2.46. The van der Waals surface area contributed by atoms with Crippen molar-refractivity contribution in [2.45, 2.75) is 51.6 Å². The van der Waals surface area contributed by atoms with Gasteiger partial charge in [0.05, 0.1) is 6.10 Å². The fourth-order valence-corrected chi connectivity index (χ4v) is 2.81. The zero-order valence-electron chi connectivity index (χ0n) is 12.2. The Morgan fingerprint density at radius 1 is 1.21 bits per heavy atom. The van der Waals surface area contributed by atoms with E-state index in [2.05, 4.69) is 36.5 Å². The highest BCUT2D eigenvalue weighted by molar-refractivity contribution is 5.31. The van der Waals surface area contributed by atoms with Crippen LogP contribution < -0.4 is 5.32 Å². The minimum Gasteiger partial charge on any atom is -0.374 e. The lowest BCUT2D eigenvalue weighted by Gasteiger charge is -2.25. The summed E-state index contributed by atoms with van der Waals surface area (Å²) < 4.78 is 6.10. The van der Waals surface area contributed by atoms with Gasteiger partial charge in [-0.25, -0.2) is 0 Å². The average molecular weight is 261 g/mol. The number of hydrogen-bond acceptors (Lipinski definition) is 2. The van der Waals surface area contributed by atoms with E-state index >= 15 is 0 Å². The Bertz CT molecular complexity index is 364. The Balaban J connectivity index is 1.67. The molecule has 1 aromatic carbocycles. The van der Waals surface area contributed by atoms with Gasteiger partial charge in [0.15, 0.2) is 0 Å². The normalized spacial score (nSPS) is 18.3. The van der Waals surface area contributed by atoms with E-state index in [0.29, 0.717) is 6.10 Å². The van der Waals surface area contributed by atoms with Gasteiger partial charge in [0, 0.05) is 6.61 Å². The number of ether oxygens (including phenoxy) is 1. The Morgan fingerprint density at radius 3 is 3.00 bits per heavy atom. The third-order valence-electron chi connectivity index (χ3n) is 3.88. The van der Waals surface area contributed by atoms with E-state index < -0.39 is 0 Å². The second-order valence-corrected chi connectivity index (χ2v) is 5.36. The van der Waals surface area contributed by atoms with Crippen molar-refractivity contribution in [2.75, 3.05) is 19.7 Å². The van der Waals surface area contributed by atoms with Crippen molar-refractivity contribution >= 4 is 0 Å². The van der Waals surface area contributed by atoms with E-state index in [0.717, 1.165) is 19.7 Å². The molecule has 1 unspecified atom stereocenters. The van der Waals surface area contributed by atoms with Gasteiger partial charge in [-0.05, 0) is 62.7 Å². The summed E-state index contributed by atoms with van der Waals surface area (Å²) in [5.74, 6) is 0. The van der Waals surface area contributed by atoms with E-state index in [1.54, 1.807) is 0 Å². The van der Waals surface area contributed by atoms with Gasteiger partial charge < -0.3 is 10.1 Å². The van der Waals surface area contributed by atoms with Crippen LogP contribution in [0.1, 0.15) is 56.3 Å². The van der Waals surface area contributed by atoms with Crippen molar-refractivity contribution in [1.29, 1.82) is 0 Å². The van der Waals surface area contributed by atoms with E-state index in [1.807, 2.05) is 0 Å². The molecule has 106 valence electrons. The summed E-state index contributed by atoms with van der Waals surface area (Å²) >= 11 is 0. The van der Waals surface area contributed by atoms with Gasteiger partial charge in [0.1, 0.15) is 0 Å². The topological polar surface area (TPSA) is 21.3 Å². The molecule has 0 aromatic heterocycles. The number of rotatable bonds is 8. The van der Waals surface area contributed by atoms with Crippen LogP contribution in [0.4, 0.5) is 0 Å². The smallest absolute Gasteiger partial charge is 0.0827 e. The summed E-state index contributed by atoms with van der Waals surface area (Å²) in [6.07, 6.45) is 7.73. The molecular formula is C17H27NO. The van der Waals surface area contributed by atoms with Gasteiger partial charge in [-0.1, -0.05) is 31.2 Å². The third-order valence-corrected chi connectivity index (χ3v) is 3.88. The zero-order valence-corrected chi connectivity index (χ0v) is 12.2. The van der Waals surface area contributed by atoms with Crippen molar-refractivity contribution in [3.8, 4) is 0 Å². The van der Waals surface area contributed by atoms with Crippen molar-refractivity contribution < 1.29 is 4.74 Å². The Kier molecular flexibility index (Phi) is 6.38. The molecule has 0 saturated carbocycles. The van der Waals surface area contributed by atoms with Crippen LogP contribution in [0.15, 0.2) is 24.3 Å². The molecule has 0 spiro atoms. The number of fused-ring (bicyclic) bond motifs is 1. The zero-order chi connectivity index (χ0) is 13.3. The monoisotopic (exact) mass is 261 g/mol. The molecule has 1 aliphatic rings. The van der Waals surface area contributed by atoms with Crippen molar-refractivity contribution in [1.82, 2.24) is 5.32 Å². The summed E-state index contributed by atoms with van der Waals surface area (Å²) in [6.45, 7) is 5.28. The summed E-state index contributed by atoms with van der Waals surface area (Å²) in [5, 5.41) is 3.36. The van der Waals surface area contributed by atoms with Gasteiger partial charge in [0.2, 0.25) is 0 Å². The highest BCUT2D eigenvalue weighted by Crippen LogP contribution is 2.32. The quantitative estimate of drug-likeness (QED) is 0.717. The van der Waals surface area contributed by atoms with Crippen molar-refractivity contribution in [3.63, 3.8) is 0 Å². The molecule has 1 aromatic rings. The molecule has 19 heavy (non-hydrogen) atoms. The van der Waals surface area contributed by atoms with Gasteiger partial charge in [-0.2, -0.15) is 0 Å². The standard InChI is InChI=1S/C17H27NO/c1-2-18-13-6-3-7-14-19-17-12-8-10-15-9-4-5-11-16(15)17/h4-5,9,11,17-18H,2-3,6-8,10,12-14H2,1H3. The number of nitrogens with one attached hydrogen (secondary N) is 1. The molecule has 0 bridgehead atoms. The molecule has 2 heteroatoms. The molecule has 0 aliphatic heterocycles. The lowest BCUT2D eigenvalue weighted by atomic mass is 9.89. The van der Waals surface area contributed by atoms with Crippen LogP contribution >= 0.6 is 0 Å². The van der Waals surface area contributed by atoms with Crippen LogP contribution in [-0.2, 0) is 11.2 Å². The Hall–Kier alpha value is -0.860. The van der Waals surface area contributed by atoms with Crippen molar-refractivity contribution in [2.24, 2.45) is 0 Å². The Morgan fingerprint density at radius 2 is 2.11 bits per heavy atom. The molecule has 1 aliphatic carbocycles. The van der Waals surface area contributed by atoms with Crippen LogP contribution in [0.5, 0.6) is 0 Å². The van der Waals surface area contributed by atoms with Crippen molar-refractivity contribution in [3.05, 3.63) is 35.4 Å². The lowest BCUT2D eigenvalue weighted by molar-refractivity contribution is 0.0383. The Labute approximate surface area is 117 Å². The summed E-state index contributed by atoms with van der Waals surface area (Å²) in [4.78, 5) is 0. The molecule has 0 heterocycles. The molecular weight excluding hydrogens is 234 g/mol. The van der Waals surface area contributed by atoms with Crippen LogP contribution in [0, 0.1) is 0 Å². The molecule has 0 saturated heterocycles. The molecule has 0 radical (unpaired) electrons. The SMILES string of the molecule is CCNCCCCCOC1CCCc2ccccc21. The maximum absolute atomic E-state index is 6.10. The van der Waals surface area contributed by atoms with E-state index in [1.165, 1.54) is 49.7 Å². The van der Waals surface area contributed by atoms with E-state index in [4.69, 9.17) is 4.74 Å². The highest BCUT2D eigenvalue weighted by atomic mass is 16.5. The van der Waals surface area contributed by atoms with E-state index in [9.17, 15) is 0 Å². The fourth-order valence-electron chi connectivity index (χ4n) is 2.81. The third kappa shape index (κ3) is 4.63. The molecule has 2 rings (SSSR count). The van der Waals surface area contributed by atoms with Crippen LogP contribution in [-0.4, -0.2) is 19.7 Å². The first kappa shape index (κ1) is 14.5. The first-order chi connectivity index (χ1) is 9.42. The molecule has 0 amide bonds. The number of benzene rings is 1. The first-order valence-corrected chi connectivity index (χ1v) is 7.82. The van der Waals surface area contributed by atoms with Gasteiger partial charge >= 0.3 is 0 Å². The number of hydrogen-bond donors (Lipinski definition) is 1. The second kappa shape index (κ2) is 8.34. The first-order valence-electron chi connectivity index (χ1n) is 7.82. The summed E-state index contributed by atoms with van der Waals surface area (Å²) in [7, 11) is 0. The van der Waals surface area contributed by atoms with Gasteiger partial charge in [-0.3, -0.25) is 0 Å². The maximum atomic E-state index is 6.10. The predicted octanol–water partition coefficient (Wildman–Crippen LogP) is 3.86. The lowest BCUT2D eigenvalue weighted by Crippen LogP contribution is -2.15. The molecule has 1 atom stereocenters. The fraction of sp³-hybridized carbons (Fsp3) is 0.647. The van der Waals surface area contributed by atoms with Crippen LogP contribution in [0.2, 0.25) is 0 Å². The van der Waals surface area contributed by atoms with Gasteiger partial charge in [-0.15, -0.1) is 0 Å².